The zero-order chi connectivity index (χ0) is 9.40. The third kappa shape index (κ3) is 5.69. The van der Waals surface area contributed by atoms with Crippen LogP contribution in [0.3, 0.4) is 0 Å². The van der Waals surface area contributed by atoms with Gasteiger partial charge in [-0.25, -0.2) is 0 Å². The summed E-state index contributed by atoms with van der Waals surface area (Å²) in [5.41, 5.74) is 0. The molecule has 0 heterocycles. The number of ether oxygens (including phenoxy) is 1. The molecule has 0 saturated heterocycles. The Balaban J connectivity index is 3.48. The standard InChI is InChI=1S/C7H8ClNO3/c8-5-6(10)4-7(11)12-3-1-2-9/h1,3-5H2. The van der Waals surface area contributed by atoms with Crippen LogP contribution in [0.5, 0.6) is 0 Å². The first-order valence-corrected chi connectivity index (χ1v) is 3.84. The molecule has 0 aromatic rings. The maximum absolute atomic E-state index is 10.7. The minimum atomic E-state index is -0.629. The number of halogens is 1. The van der Waals surface area contributed by atoms with Gasteiger partial charge >= 0.3 is 5.97 Å². The summed E-state index contributed by atoms with van der Waals surface area (Å²) in [6, 6.07) is 1.80. The number of rotatable bonds is 5. The molecular formula is C7H8ClNO3. The SMILES string of the molecule is N#CCCOC(=O)CC(=O)CCl. The van der Waals surface area contributed by atoms with Crippen LogP contribution < -0.4 is 0 Å². The molecule has 0 rings (SSSR count). The molecule has 0 saturated carbocycles. The maximum Gasteiger partial charge on any atom is 0.313 e. The predicted molar refractivity (Wildman–Crippen MR) is 41.5 cm³/mol. The number of hydrogen-bond acceptors (Lipinski definition) is 4. The smallest absolute Gasteiger partial charge is 0.313 e. The molecule has 0 atom stereocenters. The molecule has 0 aromatic heterocycles. The van der Waals surface area contributed by atoms with Gasteiger partial charge < -0.3 is 4.74 Å². The second-order valence-electron chi connectivity index (χ2n) is 1.98. The Morgan fingerprint density at radius 1 is 1.50 bits per heavy atom. The van der Waals surface area contributed by atoms with Crippen molar-refractivity contribution >= 4 is 23.4 Å². The Morgan fingerprint density at radius 2 is 2.17 bits per heavy atom. The molecule has 0 aliphatic rings. The summed E-state index contributed by atoms with van der Waals surface area (Å²) < 4.78 is 4.51. The topological polar surface area (TPSA) is 67.2 Å². The molecule has 0 amide bonds. The summed E-state index contributed by atoms with van der Waals surface area (Å²) in [4.78, 5) is 21.2. The molecule has 5 heteroatoms. The van der Waals surface area contributed by atoms with E-state index in [2.05, 4.69) is 4.74 Å². The van der Waals surface area contributed by atoms with Crippen molar-refractivity contribution in [1.29, 1.82) is 5.26 Å². The van der Waals surface area contributed by atoms with Crippen LogP contribution in [0, 0.1) is 11.3 Å². The Hall–Kier alpha value is -1.08. The fourth-order valence-corrected chi connectivity index (χ4v) is 0.564. The van der Waals surface area contributed by atoms with Crippen molar-refractivity contribution in [3.63, 3.8) is 0 Å². The van der Waals surface area contributed by atoms with Crippen molar-refractivity contribution in [2.45, 2.75) is 12.8 Å². The minimum absolute atomic E-state index is 0.0326. The third-order valence-corrected chi connectivity index (χ3v) is 1.27. The van der Waals surface area contributed by atoms with Crippen LogP contribution >= 0.6 is 11.6 Å². The lowest BCUT2D eigenvalue weighted by Crippen LogP contribution is -2.12. The first-order valence-electron chi connectivity index (χ1n) is 3.31. The Morgan fingerprint density at radius 3 is 2.67 bits per heavy atom. The third-order valence-electron chi connectivity index (χ3n) is 0.967. The molecule has 0 fully saturated rings. The van der Waals surface area contributed by atoms with E-state index in [0.29, 0.717) is 0 Å². The molecule has 0 unspecified atom stereocenters. The van der Waals surface area contributed by atoms with Gasteiger partial charge in [0.25, 0.3) is 0 Å². The van der Waals surface area contributed by atoms with Crippen LogP contribution in [0.4, 0.5) is 0 Å². The van der Waals surface area contributed by atoms with Crippen LogP contribution in [0.25, 0.3) is 0 Å². The summed E-state index contributed by atoms with van der Waals surface area (Å²) >= 11 is 5.15. The van der Waals surface area contributed by atoms with Gasteiger partial charge in [0.1, 0.15) is 13.0 Å². The van der Waals surface area contributed by atoms with E-state index in [1.165, 1.54) is 0 Å². The summed E-state index contributed by atoms with van der Waals surface area (Å²) in [7, 11) is 0. The monoisotopic (exact) mass is 189 g/mol. The van der Waals surface area contributed by atoms with Crippen LogP contribution in [-0.2, 0) is 14.3 Å². The highest BCUT2D eigenvalue weighted by atomic mass is 35.5. The van der Waals surface area contributed by atoms with Gasteiger partial charge in [-0.05, 0) is 0 Å². The fraction of sp³-hybridized carbons (Fsp3) is 0.571. The Bertz CT molecular complexity index is 209. The van der Waals surface area contributed by atoms with Gasteiger partial charge in [0, 0.05) is 0 Å². The molecule has 0 aliphatic carbocycles. The number of carbonyl (C=O) groups excluding carboxylic acids is 2. The first kappa shape index (κ1) is 10.9. The number of esters is 1. The highest BCUT2D eigenvalue weighted by Gasteiger charge is 2.08. The Labute approximate surface area is 75.1 Å². The van der Waals surface area contributed by atoms with E-state index in [4.69, 9.17) is 16.9 Å². The van der Waals surface area contributed by atoms with Gasteiger partial charge in [-0.1, -0.05) is 0 Å². The molecule has 0 N–H and O–H groups in total. The van der Waals surface area contributed by atoms with E-state index in [9.17, 15) is 9.59 Å². The fourth-order valence-electron chi connectivity index (χ4n) is 0.470. The van der Waals surface area contributed by atoms with Gasteiger partial charge in [0.05, 0.1) is 18.4 Å². The van der Waals surface area contributed by atoms with Crippen molar-refractivity contribution < 1.29 is 14.3 Å². The van der Waals surface area contributed by atoms with Crippen molar-refractivity contribution in [3.05, 3.63) is 0 Å². The quantitative estimate of drug-likeness (QED) is 0.276. The average molecular weight is 190 g/mol. The normalized spacial score (nSPS) is 8.67. The van der Waals surface area contributed by atoms with E-state index >= 15 is 0 Å². The predicted octanol–water partition coefficient (Wildman–Crippen LogP) is 0.641. The van der Waals surface area contributed by atoms with Crippen LogP contribution in [0.1, 0.15) is 12.8 Å². The lowest BCUT2D eigenvalue weighted by molar-refractivity contribution is -0.145. The lowest BCUT2D eigenvalue weighted by atomic mass is 10.3. The van der Waals surface area contributed by atoms with E-state index in [1.54, 1.807) is 6.07 Å². The van der Waals surface area contributed by atoms with Crippen molar-refractivity contribution in [2.75, 3.05) is 12.5 Å². The molecule has 0 radical (unpaired) electrons. The molecule has 0 aromatic carbocycles. The average Bonchev–Trinajstić information content (AvgIpc) is 2.05. The molecule has 0 aliphatic heterocycles. The number of Topliss-reactive ketones (excluding diaryl/α,β-unsaturated/α-hetero) is 1. The molecule has 0 spiro atoms. The summed E-state index contributed by atoms with van der Waals surface area (Å²) in [5, 5.41) is 8.08. The van der Waals surface area contributed by atoms with Crippen LogP contribution in [0.15, 0.2) is 0 Å². The second-order valence-corrected chi connectivity index (χ2v) is 2.24. The lowest BCUT2D eigenvalue weighted by Gasteiger charge is -1.99. The van der Waals surface area contributed by atoms with Crippen LogP contribution in [-0.4, -0.2) is 24.2 Å². The summed E-state index contributed by atoms with van der Waals surface area (Å²) in [6.07, 6.45) is -0.171. The number of nitriles is 1. The number of hydrogen-bond donors (Lipinski definition) is 0. The molecule has 0 bridgehead atoms. The van der Waals surface area contributed by atoms with Gasteiger partial charge in [0.2, 0.25) is 0 Å². The van der Waals surface area contributed by atoms with Crippen LogP contribution in [0.2, 0.25) is 0 Å². The molecule has 4 nitrogen and oxygen atoms in total. The zero-order valence-electron chi connectivity index (χ0n) is 6.38. The maximum atomic E-state index is 10.7. The number of carbonyl (C=O) groups is 2. The molecule has 66 valence electrons. The second kappa shape index (κ2) is 6.62. The Kier molecular flexibility index (Phi) is 6.02. The summed E-state index contributed by atoms with van der Waals surface area (Å²) in [6.45, 7) is 0.0326. The van der Waals surface area contributed by atoms with Crippen molar-refractivity contribution in [3.8, 4) is 6.07 Å². The van der Waals surface area contributed by atoms with Crippen molar-refractivity contribution in [1.82, 2.24) is 0 Å². The van der Waals surface area contributed by atoms with E-state index in [-0.39, 0.29) is 31.1 Å². The van der Waals surface area contributed by atoms with Gasteiger partial charge in [-0.2, -0.15) is 5.26 Å². The largest absolute Gasteiger partial charge is 0.464 e. The molecule has 12 heavy (non-hydrogen) atoms. The van der Waals surface area contributed by atoms with E-state index < -0.39 is 5.97 Å². The zero-order valence-corrected chi connectivity index (χ0v) is 7.13. The van der Waals surface area contributed by atoms with E-state index in [0.717, 1.165) is 0 Å². The van der Waals surface area contributed by atoms with Gasteiger partial charge in [-0.15, -0.1) is 11.6 Å². The highest BCUT2D eigenvalue weighted by Crippen LogP contribution is 1.91. The molecular weight excluding hydrogens is 182 g/mol. The minimum Gasteiger partial charge on any atom is -0.464 e. The van der Waals surface area contributed by atoms with Crippen molar-refractivity contribution in [2.24, 2.45) is 0 Å². The van der Waals surface area contributed by atoms with Gasteiger partial charge in [0.15, 0.2) is 5.78 Å². The van der Waals surface area contributed by atoms with Gasteiger partial charge in [-0.3, -0.25) is 9.59 Å². The number of alkyl halides is 1. The number of nitrogens with zero attached hydrogens (tertiary/aromatic N) is 1. The highest BCUT2D eigenvalue weighted by molar-refractivity contribution is 6.28. The first-order chi connectivity index (χ1) is 5.70. The van der Waals surface area contributed by atoms with E-state index in [1.807, 2.05) is 0 Å². The number of ketones is 1. The summed E-state index contributed by atoms with van der Waals surface area (Å²) in [5.74, 6) is -1.19.